The van der Waals surface area contributed by atoms with Gasteiger partial charge in [-0.3, -0.25) is 4.79 Å². The van der Waals surface area contributed by atoms with E-state index in [2.05, 4.69) is 10.5 Å². The second-order valence-corrected chi connectivity index (χ2v) is 5.03. The van der Waals surface area contributed by atoms with E-state index >= 15 is 0 Å². The zero-order valence-electron chi connectivity index (χ0n) is 10.7. The van der Waals surface area contributed by atoms with E-state index in [0.29, 0.717) is 21.8 Å². The number of anilines is 1. The van der Waals surface area contributed by atoms with Crippen molar-refractivity contribution in [3.63, 3.8) is 0 Å². The van der Waals surface area contributed by atoms with Gasteiger partial charge in [-0.15, -0.1) is 11.3 Å². The zero-order valence-corrected chi connectivity index (χ0v) is 11.5. The minimum atomic E-state index is -0.148. The minimum Gasteiger partial charge on any atom is -0.411 e. The van der Waals surface area contributed by atoms with Crippen LogP contribution in [0.1, 0.15) is 27.7 Å². The Labute approximate surface area is 115 Å². The fourth-order valence-electron chi connectivity index (χ4n) is 1.75. The van der Waals surface area contributed by atoms with Gasteiger partial charge in [-0.25, -0.2) is 0 Å². The average molecular weight is 274 g/mol. The van der Waals surface area contributed by atoms with Gasteiger partial charge in [0.05, 0.1) is 16.3 Å². The first-order chi connectivity index (χ1) is 9.13. The van der Waals surface area contributed by atoms with Crippen molar-refractivity contribution in [2.45, 2.75) is 13.8 Å². The van der Waals surface area contributed by atoms with Crippen molar-refractivity contribution in [3.05, 3.63) is 51.7 Å². The van der Waals surface area contributed by atoms with Gasteiger partial charge in [0.2, 0.25) is 0 Å². The summed E-state index contributed by atoms with van der Waals surface area (Å²) in [6, 6.07) is 9.14. The average Bonchev–Trinajstić information content (AvgIpc) is 2.85. The maximum atomic E-state index is 12.2. The first kappa shape index (κ1) is 13.3. The Hall–Kier alpha value is -2.14. The number of thiophene rings is 1. The molecule has 5 heteroatoms. The summed E-state index contributed by atoms with van der Waals surface area (Å²) in [7, 11) is 0. The number of carbonyl (C=O) groups excluding carboxylic acids is 1. The van der Waals surface area contributed by atoms with Crippen LogP contribution in [0.25, 0.3) is 0 Å². The first-order valence-corrected chi connectivity index (χ1v) is 6.65. The largest absolute Gasteiger partial charge is 0.411 e. The van der Waals surface area contributed by atoms with Crippen LogP contribution in [0, 0.1) is 6.92 Å². The molecule has 19 heavy (non-hydrogen) atoms. The molecule has 0 unspecified atom stereocenters. The molecule has 0 saturated carbocycles. The molecule has 98 valence electrons. The van der Waals surface area contributed by atoms with Gasteiger partial charge in [-0.1, -0.05) is 23.4 Å². The lowest BCUT2D eigenvalue weighted by Gasteiger charge is -2.09. The molecule has 0 aliphatic rings. The predicted molar refractivity (Wildman–Crippen MR) is 77.4 cm³/mol. The lowest BCUT2D eigenvalue weighted by atomic mass is 10.1. The molecule has 0 bridgehead atoms. The van der Waals surface area contributed by atoms with Crippen LogP contribution in [-0.4, -0.2) is 16.8 Å². The molecule has 0 aliphatic carbocycles. The molecule has 0 atom stereocenters. The highest BCUT2D eigenvalue weighted by Crippen LogP contribution is 2.20. The van der Waals surface area contributed by atoms with Gasteiger partial charge < -0.3 is 10.5 Å². The summed E-state index contributed by atoms with van der Waals surface area (Å²) in [4.78, 5) is 12.8. The van der Waals surface area contributed by atoms with Crippen molar-refractivity contribution in [2.75, 3.05) is 5.32 Å². The Balaban J connectivity index is 2.30. The number of nitrogens with one attached hydrogen (secondary N) is 1. The van der Waals surface area contributed by atoms with E-state index in [1.54, 1.807) is 19.1 Å². The van der Waals surface area contributed by atoms with Crippen LogP contribution in [0.2, 0.25) is 0 Å². The highest BCUT2D eigenvalue weighted by Gasteiger charge is 2.13. The van der Waals surface area contributed by atoms with Crippen molar-refractivity contribution >= 4 is 28.6 Å². The lowest BCUT2D eigenvalue weighted by molar-refractivity contribution is 0.103. The normalized spacial score (nSPS) is 11.4. The maximum absolute atomic E-state index is 12.2. The fourth-order valence-corrected chi connectivity index (χ4v) is 2.57. The first-order valence-electron chi connectivity index (χ1n) is 5.77. The van der Waals surface area contributed by atoms with Crippen molar-refractivity contribution in [3.8, 4) is 0 Å². The van der Waals surface area contributed by atoms with Gasteiger partial charge in [-0.05, 0) is 36.9 Å². The molecule has 0 radical (unpaired) electrons. The van der Waals surface area contributed by atoms with Crippen molar-refractivity contribution in [1.29, 1.82) is 0 Å². The number of aryl methyl sites for hydroxylation is 1. The molecule has 2 rings (SSSR count). The number of carbonyl (C=O) groups is 1. The number of hydrogen-bond donors (Lipinski definition) is 2. The van der Waals surface area contributed by atoms with E-state index in [9.17, 15) is 4.79 Å². The van der Waals surface area contributed by atoms with E-state index < -0.39 is 0 Å². The van der Waals surface area contributed by atoms with Crippen LogP contribution in [-0.2, 0) is 0 Å². The highest BCUT2D eigenvalue weighted by atomic mass is 32.1. The quantitative estimate of drug-likeness (QED) is 0.511. The lowest BCUT2D eigenvalue weighted by Crippen LogP contribution is -2.14. The van der Waals surface area contributed by atoms with Crippen molar-refractivity contribution < 1.29 is 10.0 Å². The summed E-state index contributed by atoms with van der Waals surface area (Å²) >= 11 is 1.41. The molecular weight excluding hydrogens is 260 g/mol. The number of nitrogens with zero attached hydrogens (tertiary/aromatic N) is 1. The maximum Gasteiger partial charge on any atom is 0.266 e. The van der Waals surface area contributed by atoms with Gasteiger partial charge in [0, 0.05) is 5.56 Å². The smallest absolute Gasteiger partial charge is 0.266 e. The summed E-state index contributed by atoms with van der Waals surface area (Å²) in [5.74, 6) is -0.148. The molecule has 2 N–H and O–H groups in total. The second-order valence-electron chi connectivity index (χ2n) is 4.12. The van der Waals surface area contributed by atoms with Crippen LogP contribution in [0.4, 0.5) is 5.69 Å². The van der Waals surface area contributed by atoms with E-state index in [-0.39, 0.29) is 5.91 Å². The molecule has 0 saturated heterocycles. The highest BCUT2D eigenvalue weighted by molar-refractivity contribution is 7.12. The second kappa shape index (κ2) is 5.67. The third-order valence-corrected chi connectivity index (χ3v) is 3.80. The molecule has 1 amide bonds. The predicted octanol–water partition coefficient (Wildman–Crippen LogP) is 3.51. The number of hydrogen-bond acceptors (Lipinski definition) is 4. The van der Waals surface area contributed by atoms with Crippen LogP contribution < -0.4 is 5.32 Å². The topological polar surface area (TPSA) is 61.7 Å². The van der Waals surface area contributed by atoms with Gasteiger partial charge in [0.15, 0.2) is 0 Å². The molecule has 1 aromatic heterocycles. The van der Waals surface area contributed by atoms with Crippen LogP contribution in [0.5, 0.6) is 0 Å². The zero-order chi connectivity index (χ0) is 13.8. The molecule has 0 spiro atoms. The number of benzene rings is 1. The Morgan fingerprint density at radius 3 is 2.68 bits per heavy atom. The van der Waals surface area contributed by atoms with Gasteiger partial charge in [0.1, 0.15) is 0 Å². The van der Waals surface area contributed by atoms with E-state index in [4.69, 9.17) is 5.21 Å². The number of para-hydroxylation sites is 1. The Morgan fingerprint density at radius 2 is 2.05 bits per heavy atom. The van der Waals surface area contributed by atoms with Gasteiger partial charge in [0.25, 0.3) is 5.91 Å². The third kappa shape index (κ3) is 2.82. The Morgan fingerprint density at radius 1 is 1.32 bits per heavy atom. The number of oxime groups is 1. The number of rotatable bonds is 3. The van der Waals surface area contributed by atoms with Crippen LogP contribution >= 0.6 is 11.3 Å². The standard InChI is InChI=1S/C14H14N2O2S/c1-9-7-8-19-13(9)14(17)15-12-6-4-3-5-11(12)10(2)16-18/h3-8,18H,1-2H3,(H,15,17)/b16-10+. The van der Waals surface area contributed by atoms with Crippen molar-refractivity contribution in [1.82, 2.24) is 0 Å². The monoisotopic (exact) mass is 274 g/mol. The molecule has 4 nitrogen and oxygen atoms in total. The van der Waals surface area contributed by atoms with E-state index in [1.165, 1.54) is 11.3 Å². The van der Waals surface area contributed by atoms with Gasteiger partial charge >= 0.3 is 0 Å². The van der Waals surface area contributed by atoms with E-state index in [0.717, 1.165) is 5.56 Å². The molecule has 2 aromatic rings. The van der Waals surface area contributed by atoms with E-state index in [1.807, 2.05) is 30.5 Å². The van der Waals surface area contributed by atoms with Crippen molar-refractivity contribution in [2.24, 2.45) is 5.16 Å². The Kier molecular flexibility index (Phi) is 3.97. The number of amides is 1. The molecule has 1 heterocycles. The molecular formula is C14H14N2O2S. The third-order valence-electron chi connectivity index (χ3n) is 2.78. The summed E-state index contributed by atoms with van der Waals surface area (Å²) in [6.45, 7) is 3.58. The SMILES string of the molecule is C/C(=N\O)c1ccccc1NC(=O)c1sccc1C. The van der Waals surface area contributed by atoms with Crippen LogP contribution in [0.15, 0.2) is 40.9 Å². The molecule has 0 fully saturated rings. The molecule has 1 aromatic carbocycles. The summed E-state index contributed by atoms with van der Waals surface area (Å²) < 4.78 is 0. The molecule has 0 aliphatic heterocycles. The summed E-state index contributed by atoms with van der Waals surface area (Å²) in [5.41, 5.74) is 2.74. The fraction of sp³-hybridized carbons (Fsp3) is 0.143. The summed E-state index contributed by atoms with van der Waals surface area (Å²) in [5, 5.41) is 16.8. The Bertz CT molecular complexity index is 632. The summed E-state index contributed by atoms with van der Waals surface area (Å²) in [6.07, 6.45) is 0. The van der Waals surface area contributed by atoms with Crippen LogP contribution in [0.3, 0.4) is 0 Å². The van der Waals surface area contributed by atoms with Gasteiger partial charge in [-0.2, -0.15) is 0 Å². The minimum absolute atomic E-state index is 0.148.